The first-order valence-corrected chi connectivity index (χ1v) is 11.7. The minimum absolute atomic E-state index is 0.104. The Labute approximate surface area is 191 Å². The van der Waals surface area contributed by atoms with Gasteiger partial charge in [-0.25, -0.2) is 9.97 Å². The number of hydrogen-bond donors (Lipinski definition) is 0. The zero-order chi connectivity index (χ0) is 22.9. The lowest BCUT2D eigenvalue weighted by atomic mass is 9.90. The number of anilines is 1. The molecule has 1 unspecified atom stereocenters. The summed E-state index contributed by atoms with van der Waals surface area (Å²) < 4.78 is 0. The quantitative estimate of drug-likeness (QED) is 0.728. The number of aryl methyl sites for hydroxylation is 1. The highest BCUT2D eigenvalue weighted by molar-refractivity contribution is 5.95. The Morgan fingerprint density at radius 3 is 2.59 bits per heavy atom. The molecule has 0 aliphatic carbocycles. The fourth-order valence-corrected chi connectivity index (χ4v) is 4.75. The van der Waals surface area contributed by atoms with Crippen LogP contribution in [-0.4, -0.2) is 46.3 Å². The molecule has 0 spiro atoms. The summed E-state index contributed by atoms with van der Waals surface area (Å²) in [5.74, 6) is 1.96. The van der Waals surface area contributed by atoms with Gasteiger partial charge in [-0.1, -0.05) is 51.1 Å². The van der Waals surface area contributed by atoms with Gasteiger partial charge in [-0.2, -0.15) is 0 Å². The van der Waals surface area contributed by atoms with Gasteiger partial charge in [0.05, 0.1) is 0 Å². The largest absolute Gasteiger partial charge is 0.342 e. The molecule has 6 nitrogen and oxygen atoms in total. The summed E-state index contributed by atoms with van der Waals surface area (Å²) in [6, 6.07) is 10.2. The SMILES string of the molecule is Cc1nc(C2CCCN(C(=O)C(C)(C)C)C2)nc2c1CCC(=O)N2CCc1ccccc1. The van der Waals surface area contributed by atoms with Crippen LogP contribution in [0.25, 0.3) is 0 Å². The van der Waals surface area contributed by atoms with Crippen molar-refractivity contribution in [3.63, 3.8) is 0 Å². The van der Waals surface area contributed by atoms with Crippen molar-refractivity contribution in [2.45, 2.75) is 65.7 Å². The molecule has 2 aliphatic rings. The molecule has 2 aliphatic heterocycles. The number of fused-ring (bicyclic) bond motifs is 1. The van der Waals surface area contributed by atoms with Crippen molar-refractivity contribution < 1.29 is 9.59 Å². The van der Waals surface area contributed by atoms with Crippen LogP contribution in [0, 0.1) is 12.3 Å². The number of piperidine rings is 1. The molecule has 170 valence electrons. The number of hydrogen-bond acceptors (Lipinski definition) is 4. The average Bonchev–Trinajstić information content (AvgIpc) is 2.78. The summed E-state index contributed by atoms with van der Waals surface area (Å²) in [4.78, 5) is 39.3. The Morgan fingerprint density at radius 2 is 1.88 bits per heavy atom. The van der Waals surface area contributed by atoms with Gasteiger partial charge in [0.25, 0.3) is 0 Å². The average molecular weight is 435 g/mol. The van der Waals surface area contributed by atoms with E-state index in [1.165, 1.54) is 5.56 Å². The van der Waals surface area contributed by atoms with Crippen LogP contribution in [0.4, 0.5) is 5.82 Å². The van der Waals surface area contributed by atoms with E-state index in [-0.39, 0.29) is 17.7 Å². The summed E-state index contributed by atoms with van der Waals surface area (Å²) in [5.41, 5.74) is 2.86. The van der Waals surface area contributed by atoms with Crippen LogP contribution in [-0.2, 0) is 22.4 Å². The van der Waals surface area contributed by atoms with Gasteiger partial charge < -0.3 is 4.90 Å². The third-order valence-corrected chi connectivity index (χ3v) is 6.54. The second-order valence-corrected chi connectivity index (χ2v) is 10.1. The van der Waals surface area contributed by atoms with Crippen molar-refractivity contribution >= 4 is 17.6 Å². The smallest absolute Gasteiger partial charge is 0.228 e. The molecule has 1 aromatic heterocycles. The highest BCUT2D eigenvalue weighted by Gasteiger charge is 2.34. The Kier molecular flexibility index (Phi) is 6.31. The second-order valence-electron chi connectivity index (χ2n) is 10.1. The molecule has 0 N–H and O–H groups in total. The van der Waals surface area contributed by atoms with E-state index < -0.39 is 5.41 Å². The summed E-state index contributed by atoms with van der Waals surface area (Å²) >= 11 is 0. The third kappa shape index (κ3) is 4.69. The van der Waals surface area contributed by atoms with Crippen molar-refractivity contribution in [2.75, 3.05) is 24.5 Å². The van der Waals surface area contributed by atoms with E-state index in [9.17, 15) is 9.59 Å². The van der Waals surface area contributed by atoms with E-state index in [1.807, 2.05) is 55.7 Å². The van der Waals surface area contributed by atoms with Crippen LogP contribution in [0.2, 0.25) is 0 Å². The van der Waals surface area contributed by atoms with Crippen molar-refractivity contribution in [3.05, 3.63) is 53.0 Å². The molecular formula is C26H34N4O2. The first-order chi connectivity index (χ1) is 15.2. The first-order valence-electron chi connectivity index (χ1n) is 11.7. The fourth-order valence-electron chi connectivity index (χ4n) is 4.75. The Hall–Kier alpha value is -2.76. The molecule has 1 atom stereocenters. The first kappa shape index (κ1) is 22.4. The summed E-state index contributed by atoms with van der Waals surface area (Å²) in [7, 11) is 0. The van der Waals surface area contributed by atoms with Crippen LogP contribution >= 0.6 is 0 Å². The highest BCUT2D eigenvalue weighted by atomic mass is 16.2. The van der Waals surface area contributed by atoms with E-state index in [0.29, 0.717) is 25.9 Å². The fraction of sp³-hybridized carbons (Fsp3) is 0.538. The van der Waals surface area contributed by atoms with Crippen molar-refractivity contribution in [2.24, 2.45) is 5.41 Å². The number of benzene rings is 1. The van der Waals surface area contributed by atoms with Crippen LogP contribution in [0.1, 0.15) is 68.6 Å². The van der Waals surface area contributed by atoms with Gasteiger partial charge in [0, 0.05) is 48.6 Å². The maximum absolute atomic E-state index is 12.8. The molecule has 2 aromatic rings. The second kappa shape index (κ2) is 9.00. The Balaban J connectivity index is 1.59. The van der Waals surface area contributed by atoms with E-state index in [0.717, 1.165) is 48.7 Å². The monoisotopic (exact) mass is 434 g/mol. The highest BCUT2D eigenvalue weighted by Crippen LogP contribution is 2.33. The number of nitrogens with zero attached hydrogens (tertiary/aromatic N) is 4. The van der Waals surface area contributed by atoms with Gasteiger partial charge in [0.15, 0.2) is 0 Å². The zero-order valence-electron chi connectivity index (χ0n) is 19.7. The van der Waals surface area contributed by atoms with E-state index in [1.54, 1.807) is 0 Å². The van der Waals surface area contributed by atoms with Crippen molar-refractivity contribution in [1.29, 1.82) is 0 Å². The minimum Gasteiger partial charge on any atom is -0.342 e. The molecular weight excluding hydrogens is 400 g/mol. The molecule has 1 fully saturated rings. The van der Waals surface area contributed by atoms with Gasteiger partial charge >= 0.3 is 0 Å². The number of amides is 2. The van der Waals surface area contributed by atoms with E-state index >= 15 is 0 Å². The minimum atomic E-state index is -0.394. The summed E-state index contributed by atoms with van der Waals surface area (Å²) in [6.45, 7) is 9.98. The zero-order valence-corrected chi connectivity index (χ0v) is 19.7. The standard InChI is InChI=1S/C26H34N4O2/c1-18-21-12-13-22(31)30(16-14-19-9-6-5-7-10-19)24(21)28-23(27-18)20-11-8-15-29(17-20)25(32)26(2,3)4/h5-7,9-10,20H,8,11-17H2,1-4H3. The summed E-state index contributed by atoms with van der Waals surface area (Å²) in [5, 5.41) is 0. The molecule has 1 aromatic carbocycles. The van der Waals surface area contributed by atoms with Gasteiger partial charge in [-0.05, 0) is 38.2 Å². The molecule has 32 heavy (non-hydrogen) atoms. The van der Waals surface area contributed by atoms with Gasteiger partial charge in [0.2, 0.25) is 11.8 Å². The topological polar surface area (TPSA) is 66.4 Å². The summed E-state index contributed by atoms with van der Waals surface area (Å²) in [6.07, 6.45) is 3.90. The molecule has 0 radical (unpaired) electrons. The number of likely N-dealkylation sites (tertiary alicyclic amines) is 1. The molecule has 0 saturated carbocycles. The molecule has 3 heterocycles. The Bertz CT molecular complexity index is 997. The maximum atomic E-state index is 12.8. The molecule has 2 amide bonds. The van der Waals surface area contributed by atoms with E-state index in [2.05, 4.69) is 12.1 Å². The normalized spacial score (nSPS) is 19.1. The van der Waals surface area contributed by atoms with Crippen LogP contribution < -0.4 is 4.90 Å². The lowest BCUT2D eigenvalue weighted by Gasteiger charge is -2.36. The molecule has 0 bridgehead atoms. The lowest BCUT2D eigenvalue weighted by molar-refractivity contribution is -0.140. The van der Waals surface area contributed by atoms with Crippen LogP contribution in [0.5, 0.6) is 0 Å². The molecule has 1 saturated heterocycles. The van der Waals surface area contributed by atoms with Crippen LogP contribution in [0.3, 0.4) is 0 Å². The maximum Gasteiger partial charge on any atom is 0.228 e. The van der Waals surface area contributed by atoms with Crippen molar-refractivity contribution in [1.82, 2.24) is 14.9 Å². The van der Waals surface area contributed by atoms with Gasteiger partial charge in [-0.15, -0.1) is 0 Å². The molecule has 6 heteroatoms. The number of carbonyl (C=O) groups is 2. The number of carbonyl (C=O) groups excluding carboxylic acids is 2. The van der Waals surface area contributed by atoms with E-state index in [4.69, 9.17) is 9.97 Å². The molecule has 4 rings (SSSR count). The van der Waals surface area contributed by atoms with Crippen LogP contribution in [0.15, 0.2) is 30.3 Å². The van der Waals surface area contributed by atoms with Gasteiger partial charge in [-0.3, -0.25) is 14.5 Å². The predicted octanol–water partition coefficient (Wildman–Crippen LogP) is 4.06. The number of rotatable bonds is 4. The lowest BCUT2D eigenvalue weighted by Crippen LogP contribution is -2.45. The number of aromatic nitrogens is 2. The van der Waals surface area contributed by atoms with Crippen molar-refractivity contribution in [3.8, 4) is 0 Å². The Morgan fingerprint density at radius 1 is 1.12 bits per heavy atom. The van der Waals surface area contributed by atoms with Gasteiger partial charge in [0.1, 0.15) is 11.6 Å². The predicted molar refractivity (Wildman–Crippen MR) is 126 cm³/mol. The third-order valence-electron chi connectivity index (χ3n) is 6.54.